The molecule has 0 radical (unpaired) electrons. The molecule has 0 rings (SSSR count). The Morgan fingerprint density at radius 3 is 0.782 bits per heavy atom. The van der Waals surface area contributed by atoms with E-state index in [2.05, 4.69) is 41.5 Å². The van der Waals surface area contributed by atoms with Crippen LogP contribution in [0.1, 0.15) is 343 Å². The van der Waals surface area contributed by atoms with Crippen LogP contribution in [-0.2, 0) is 65.4 Å². The van der Waals surface area contributed by atoms with Crippen molar-refractivity contribution in [3.63, 3.8) is 0 Å². The lowest BCUT2D eigenvalue weighted by Crippen LogP contribution is -2.30. The van der Waals surface area contributed by atoms with Crippen molar-refractivity contribution >= 4 is 39.5 Å². The number of aliphatic hydroxyl groups is 1. The molecule has 0 spiro atoms. The third kappa shape index (κ3) is 62.6. The number of hydrogen-bond acceptors (Lipinski definition) is 15. The van der Waals surface area contributed by atoms with Gasteiger partial charge in [-0.15, -0.1) is 0 Å². The quantitative estimate of drug-likeness (QED) is 0.0222. The highest BCUT2D eigenvalue weighted by Crippen LogP contribution is 2.45. The van der Waals surface area contributed by atoms with Gasteiger partial charge in [0, 0.05) is 25.7 Å². The van der Waals surface area contributed by atoms with Crippen molar-refractivity contribution in [3.05, 3.63) is 0 Å². The van der Waals surface area contributed by atoms with E-state index in [9.17, 15) is 43.2 Å². The predicted molar refractivity (Wildman–Crippen MR) is 349 cm³/mol. The van der Waals surface area contributed by atoms with Crippen molar-refractivity contribution in [3.8, 4) is 0 Å². The number of unbranched alkanes of at least 4 members (excludes halogenated alkanes) is 37. The standard InChI is InChI=1S/C68H132O17P2/c1-7-9-11-13-15-17-18-19-22-26-33-39-45-51-66(71)79-57-63(84-67(72)52-46-40-34-27-23-20-21-25-30-36-42-48-60(3)4)58-82-86(74,75)80-54-62(69)55-81-87(76,77)83-59-64(56-78-65(70)50-44-38-32-24-16-14-12-10-8-2)85-68(73)53-47-41-35-29-28-31-37-43-49-61(5)6/h60-64,69H,7-59H2,1-6H3,(H,74,75)(H,76,77)/t62-,63-,64-/m1/s1. The fourth-order valence-electron chi connectivity index (χ4n) is 10.2. The van der Waals surface area contributed by atoms with Gasteiger partial charge >= 0.3 is 39.5 Å². The number of phosphoric acid groups is 2. The number of rotatable bonds is 67. The molecule has 5 atom stereocenters. The third-order valence-electron chi connectivity index (χ3n) is 15.7. The summed E-state index contributed by atoms with van der Waals surface area (Å²) in [6.07, 6.45) is 44.4. The summed E-state index contributed by atoms with van der Waals surface area (Å²) in [4.78, 5) is 72.4. The van der Waals surface area contributed by atoms with E-state index in [1.165, 1.54) is 161 Å². The molecule has 0 saturated carbocycles. The zero-order chi connectivity index (χ0) is 64.3. The van der Waals surface area contributed by atoms with E-state index in [0.717, 1.165) is 102 Å². The van der Waals surface area contributed by atoms with Gasteiger partial charge in [-0.1, -0.05) is 292 Å². The Balaban J connectivity index is 5.24. The van der Waals surface area contributed by atoms with Gasteiger partial charge in [-0.05, 0) is 37.5 Å². The predicted octanol–water partition coefficient (Wildman–Crippen LogP) is 19.2. The number of hydrogen-bond donors (Lipinski definition) is 3. The largest absolute Gasteiger partial charge is 0.472 e. The minimum atomic E-state index is -4.95. The zero-order valence-corrected chi connectivity index (χ0v) is 58.1. The van der Waals surface area contributed by atoms with Gasteiger partial charge in [0.05, 0.1) is 26.4 Å². The maximum atomic E-state index is 13.0. The van der Waals surface area contributed by atoms with E-state index in [1.807, 2.05) is 0 Å². The maximum Gasteiger partial charge on any atom is 0.472 e. The minimum absolute atomic E-state index is 0.104. The van der Waals surface area contributed by atoms with Crippen LogP contribution in [0.5, 0.6) is 0 Å². The highest BCUT2D eigenvalue weighted by atomic mass is 31.2. The first-order chi connectivity index (χ1) is 41.9. The first-order valence-corrected chi connectivity index (χ1v) is 38.5. The highest BCUT2D eigenvalue weighted by Gasteiger charge is 2.30. The first kappa shape index (κ1) is 85.1. The number of phosphoric ester groups is 2. The van der Waals surface area contributed by atoms with Gasteiger partial charge in [0.25, 0.3) is 0 Å². The smallest absolute Gasteiger partial charge is 0.462 e. The summed E-state index contributed by atoms with van der Waals surface area (Å²) >= 11 is 0. The molecule has 0 aliphatic carbocycles. The van der Waals surface area contributed by atoms with E-state index in [1.54, 1.807) is 0 Å². The lowest BCUT2D eigenvalue weighted by Gasteiger charge is -2.21. The lowest BCUT2D eigenvalue weighted by molar-refractivity contribution is -0.161. The van der Waals surface area contributed by atoms with Gasteiger partial charge in [-0.2, -0.15) is 0 Å². The molecule has 0 heterocycles. The maximum absolute atomic E-state index is 13.0. The molecule has 17 nitrogen and oxygen atoms in total. The van der Waals surface area contributed by atoms with Gasteiger partial charge in [0.2, 0.25) is 0 Å². The average Bonchev–Trinajstić information content (AvgIpc) is 3.62. The normalized spacial score (nSPS) is 14.2. The summed E-state index contributed by atoms with van der Waals surface area (Å²) in [6, 6.07) is 0. The second-order valence-electron chi connectivity index (χ2n) is 25.5. The van der Waals surface area contributed by atoms with Gasteiger partial charge < -0.3 is 33.8 Å². The third-order valence-corrected chi connectivity index (χ3v) is 17.6. The van der Waals surface area contributed by atoms with Crippen LogP contribution in [0, 0.1) is 11.8 Å². The summed E-state index contributed by atoms with van der Waals surface area (Å²) in [5.74, 6) is -0.645. The fourth-order valence-corrected chi connectivity index (χ4v) is 11.8. The van der Waals surface area contributed by atoms with E-state index >= 15 is 0 Å². The monoisotopic (exact) mass is 1280 g/mol. The molecule has 0 fully saturated rings. The van der Waals surface area contributed by atoms with E-state index in [-0.39, 0.29) is 25.7 Å². The van der Waals surface area contributed by atoms with Crippen molar-refractivity contribution in [2.45, 2.75) is 362 Å². The Morgan fingerprint density at radius 1 is 0.310 bits per heavy atom. The Labute approximate surface area is 530 Å². The number of carbonyl (C=O) groups is 4. The van der Waals surface area contributed by atoms with E-state index < -0.39 is 97.5 Å². The van der Waals surface area contributed by atoms with Crippen LogP contribution in [0.3, 0.4) is 0 Å². The minimum Gasteiger partial charge on any atom is -0.462 e. The molecule has 0 aliphatic rings. The molecular formula is C68H132O17P2. The molecule has 3 N–H and O–H groups in total. The van der Waals surface area contributed by atoms with E-state index in [4.69, 9.17) is 37.0 Å². The van der Waals surface area contributed by atoms with Crippen molar-refractivity contribution in [2.24, 2.45) is 11.8 Å². The molecule has 87 heavy (non-hydrogen) atoms. The van der Waals surface area contributed by atoms with Crippen molar-refractivity contribution in [1.82, 2.24) is 0 Å². The number of aliphatic hydroxyl groups excluding tert-OH is 1. The second-order valence-corrected chi connectivity index (χ2v) is 28.4. The topological polar surface area (TPSA) is 237 Å². The van der Waals surface area contributed by atoms with E-state index in [0.29, 0.717) is 25.7 Å². The van der Waals surface area contributed by atoms with Crippen LogP contribution in [0.4, 0.5) is 0 Å². The molecule has 0 aromatic rings. The average molecular weight is 1280 g/mol. The van der Waals surface area contributed by atoms with Crippen LogP contribution in [0.25, 0.3) is 0 Å². The molecular weight excluding hydrogens is 1150 g/mol. The van der Waals surface area contributed by atoms with Crippen LogP contribution in [0.2, 0.25) is 0 Å². The zero-order valence-electron chi connectivity index (χ0n) is 56.3. The summed E-state index contributed by atoms with van der Waals surface area (Å²) in [7, 11) is -9.89. The van der Waals surface area contributed by atoms with Gasteiger partial charge in [0.15, 0.2) is 12.2 Å². The Bertz CT molecular complexity index is 1700. The Kier molecular flexibility index (Phi) is 59.0. The highest BCUT2D eigenvalue weighted by molar-refractivity contribution is 7.47. The number of ether oxygens (including phenoxy) is 4. The molecule has 0 aliphatic heterocycles. The molecule has 0 amide bonds. The number of carbonyl (C=O) groups excluding carboxylic acids is 4. The van der Waals surface area contributed by atoms with Crippen molar-refractivity contribution in [2.75, 3.05) is 39.6 Å². The summed E-state index contributed by atoms with van der Waals surface area (Å²) < 4.78 is 68.2. The summed E-state index contributed by atoms with van der Waals surface area (Å²) in [5, 5.41) is 10.6. The van der Waals surface area contributed by atoms with Gasteiger partial charge in [0.1, 0.15) is 19.3 Å². The molecule has 19 heteroatoms. The van der Waals surface area contributed by atoms with Crippen molar-refractivity contribution < 1.29 is 80.2 Å². The lowest BCUT2D eigenvalue weighted by atomic mass is 10.0. The van der Waals surface area contributed by atoms with Crippen LogP contribution in [0.15, 0.2) is 0 Å². The summed E-state index contributed by atoms with van der Waals surface area (Å²) in [5.41, 5.74) is 0. The fraction of sp³-hybridized carbons (Fsp3) is 0.941. The Hall–Kier alpha value is -1.94. The first-order valence-electron chi connectivity index (χ1n) is 35.5. The van der Waals surface area contributed by atoms with Crippen LogP contribution in [-0.4, -0.2) is 96.7 Å². The molecule has 0 aromatic heterocycles. The molecule has 2 unspecified atom stereocenters. The van der Waals surface area contributed by atoms with Gasteiger partial charge in [-0.3, -0.25) is 37.3 Å². The van der Waals surface area contributed by atoms with Gasteiger partial charge in [-0.25, -0.2) is 9.13 Å². The SMILES string of the molecule is CCCCCCCCCCCCCCCC(=O)OC[C@H](COP(=O)(O)OC[C@@H](O)COP(=O)(O)OC[C@@H](COC(=O)CCCCCCCCCCC)OC(=O)CCCCCCCCCCC(C)C)OC(=O)CCCCCCCCCCCCCC(C)C. The second kappa shape index (κ2) is 60.3. The molecule has 516 valence electrons. The molecule has 0 bridgehead atoms. The Morgan fingerprint density at radius 2 is 0.529 bits per heavy atom. The molecule has 0 aromatic carbocycles. The van der Waals surface area contributed by atoms with Crippen LogP contribution >= 0.6 is 15.6 Å². The molecule has 0 saturated heterocycles. The van der Waals surface area contributed by atoms with Crippen molar-refractivity contribution in [1.29, 1.82) is 0 Å². The summed E-state index contributed by atoms with van der Waals surface area (Å²) in [6.45, 7) is 9.48. The van der Waals surface area contributed by atoms with Crippen LogP contribution < -0.4 is 0 Å². The number of esters is 4.